The number of hydrogen-bond donors (Lipinski definition) is 1. The van der Waals surface area contributed by atoms with Gasteiger partial charge < -0.3 is 5.73 Å². The minimum absolute atomic E-state index is 0.617. The lowest BCUT2D eigenvalue weighted by Crippen LogP contribution is -2.14. The van der Waals surface area contributed by atoms with Gasteiger partial charge in [-0.1, -0.05) is 36.6 Å². The van der Waals surface area contributed by atoms with Crippen LogP contribution in [0.15, 0.2) is 24.3 Å². The van der Waals surface area contributed by atoms with E-state index >= 15 is 0 Å². The summed E-state index contributed by atoms with van der Waals surface area (Å²) in [6, 6.07) is 8.31. The number of rotatable bonds is 4. The van der Waals surface area contributed by atoms with Crippen LogP contribution in [0.4, 0.5) is 0 Å². The van der Waals surface area contributed by atoms with Crippen molar-refractivity contribution in [3.8, 4) is 0 Å². The van der Waals surface area contributed by atoms with Crippen molar-refractivity contribution < 1.29 is 0 Å². The molecule has 0 heterocycles. The Morgan fingerprint density at radius 2 is 2.06 bits per heavy atom. The van der Waals surface area contributed by atoms with Gasteiger partial charge in [0.15, 0.2) is 0 Å². The lowest BCUT2D eigenvalue weighted by atomic mass is 9.82. The van der Waals surface area contributed by atoms with E-state index in [-0.39, 0.29) is 0 Å². The van der Waals surface area contributed by atoms with Gasteiger partial charge in [0, 0.05) is 5.02 Å². The predicted molar refractivity (Wildman–Crippen MR) is 69.8 cm³/mol. The van der Waals surface area contributed by atoms with Crippen LogP contribution in [-0.2, 0) is 0 Å². The molecule has 1 fully saturated rings. The number of hydrogen-bond acceptors (Lipinski definition) is 1. The zero-order valence-corrected chi connectivity index (χ0v) is 10.4. The van der Waals surface area contributed by atoms with Crippen LogP contribution in [0.5, 0.6) is 0 Å². The first kappa shape index (κ1) is 11.9. The fourth-order valence-corrected chi connectivity index (χ4v) is 3.15. The maximum absolute atomic E-state index is 6.06. The monoisotopic (exact) mass is 237 g/mol. The summed E-state index contributed by atoms with van der Waals surface area (Å²) in [5, 5.41) is 0.845. The van der Waals surface area contributed by atoms with Crippen molar-refractivity contribution in [3.05, 3.63) is 34.9 Å². The Morgan fingerprint density at radius 1 is 1.31 bits per heavy atom. The second kappa shape index (κ2) is 5.70. The molecule has 2 N–H and O–H groups in total. The fourth-order valence-electron chi connectivity index (χ4n) is 2.95. The van der Waals surface area contributed by atoms with Crippen LogP contribution >= 0.6 is 11.6 Å². The maximum Gasteiger partial charge on any atom is 0.0408 e. The first-order valence-corrected chi connectivity index (χ1v) is 6.64. The molecular weight excluding hydrogens is 218 g/mol. The molecule has 1 saturated carbocycles. The first-order valence-electron chi connectivity index (χ1n) is 6.27. The quantitative estimate of drug-likeness (QED) is 0.843. The summed E-state index contributed by atoms with van der Waals surface area (Å²) >= 11 is 6.06. The van der Waals surface area contributed by atoms with Gasteiger partial charge in [-0.3, -0.25) is 0 Å². The van der Waals surface area contributed by atoms with Crippen LogP contribution in [0.25, 0.3) is 0 Å². The van der Waals surface area contributed by atoms with Crippen LogP contribution in [0.2, 0.25) is 5.02 Å². The SMILES string of the molecule is NCCC(c1cccc(Cl)c1)C1CCCC1. The highest BCUT2D eigenvalue weighted by molar-refractivity contribution is 6.30. The smallest absolute Gasteiger partial charge is 0.0408 e. The Labute approximate surface area is 103 Å². The predicted octanol–water partition coefficient (Wildman–Crippen LogP) is 3.96. The Balaban J connectivity index is 2.17. The second-order valence-corrected chi connectivity index (χ2v) is 5.22. The standard InChI is InChI=1S/C14H20ClN/c15-13-7-3-6-12(10-13)14(8-9-16)11-4-1-2-5-11/h3,6-7,10-11,14H,1-2,4-5,8-9,16H2. The largest absolute Gasteiger partial charge is 0.330 e. The highest BCUT2D eigenvalue weighted by atomic mass is 35.5. The van der Waals surface area contributed by atoms with Crippen LogP contribution < -0.4 is 5.73 Å². The zero-order valence-electron chi connectivity index (χ0n) is 9.66. The lowest BCUT2D eigenvalue weighted by molar-refractivity contribution is 0.416. The summed E-state index contributed by atoms with van der Waals surface area (Å²) in [5.74, 6) is 1.44. The third-order valence-electron chi connectivity index (χ3n) is 3.72. The molecule has 0 aromatic heterocycles. The highest BCUT2D eigenvalue weighted by Crippen LogP contribution is 2.39. The van der Waals surface area contributed by atoms with Crippen LogP contribution in [0.1, 0.15) is 43.6 Å². The molecule has 0 radical (unpaired) electrons. The highest BCUT2D eigenvalue weighted by Gasteiger charge is 2.25. The molecule has 1 nitrogen and oxygen atoms in total. The number of halogens is 1. The molecule has 2 heteroatoms. The number of benzene rings is 1. The molecule has 88 valence electrons. The van der Waals surface area contributed by atoms with Crippen molar-refractivity contribution in [2.45, 2.75) is 38.0 Å². The van der Waals surface area contributed by atoms with Crippen LogP contribution in [0.3, 0.4) is 0 Å². The molecule has 0 bridgehead atoms. The van der Waals surface area contributed by atoms with E-state index in [1.165, 1.54) is 31.2 Å². The van der Waals surface area contributed by atoms with Crippen molar-refractivity contribution in [1.29, 1.82) is 0 Å². The molecule has 0 aliphatic heterocycles. The Bertz CT molecular complexity index is 331. The van der Waals surface area contributed by atoms with Gasteiger partial charge in [0.1, 0.15) is 0 Å². The summed E-state index contributed by atoms with van der Waals surface area (Å²) in [7, 11) is 0. The molecule has 1 unspecified atom stereocenters. The van der Waals surface area contributed by atoms with E-state index in [0.29, 0.717) is 5.92 Å². The maximum atomic E-state index is 6.06. The van der Waals surface area contributed by atoms with Gasteiger partial charge in [0.05, 0.1) is 0 Å². The first-order chi connectivity index (χ1) is 7.81. The fraction of sp³-hybridized carbons (Fsp3) is 0.571. The summed E-state index contributed by atoms with van der Waals surface area (Å²) < 4.78 is 0. The minimum Gasteiger partial charge on any atom is -0.330 e. The molecular formula is C14H20ClN. The van der Waals surface area contributed by atoms with Crippen molar-refractivity contribution >= 4 is 11.6 Å². The molecule has 1 atom stereocenters. The van der Waals surface area contributed by atoms with Crippen molar-refractivity contribution in [2.24, 2.45) is 11.7 Å². The average Bonchev–Trinajstić information content (AvgIpc) is 2.79. The van der Waals surface area contributed by atoms with E-state index in [1.54, 1.807) is 0 Å². The molecule has 0 spiro atoms. The average molecular weight is 238 g/mol. The topological polar surface area (TPSA) is 26.0 Å². The Kier molecular flexibility index (Phi) is 4.25. The van der Waals surface area contributed by atoms with Gasteiger partial charge in [0.25, 0.3) is 0 Å². The zero-order chi connectivity index (χ0) is 11.4. The summed E-state index contributed by atoms with van der Waals surface area (Å²) in [6.07, 6.45) is 6.57. The van der Waals surface area contributed by atoms with E-state index < -0.39 is 0 Å². The molecule has 0 amide bonds. The van der Waals surface area contributed by atoms with Gasteiger partial charge in [-0.15, -0.1) is 0 Å². The van der Waals surface area contributed by atoms with Gasteiger partial charge >= 0.3 is 0 Å². The van der Waals surface area contributed by atoms with E-state index in [9.17, 15) is 0 Å². The van der Waals surface area contributed by atoms with E-state index in [1.807, 2.05) is 6.07 Å². The second-order valence-electron chi connectivity index (χ2n) is 4.78. The van der Waals surface area contributed by atoms with E-state index in [4.69, 9.17) is 17.3 Å². The van der Waals surface area contributed by atoms with Crippen LogP contribution in [0, 0.1) is 5.92 Å². The Hall–Kier alpha value is -0.530. The third kappa shape index (κ3) is 2.78. The molecule has 1 aliphatic carbocycles. The normalized spacial score (nSPS) is 18.9. The summed E-state index contributed by atoms with van der Waals surface area (Å²) in [6.45, 7) is 0.772. The molecule has 1 aromatic rings. The molecule has 16 heavy (non-hydrogen) atoms. The van der Waals surface area contributed by atoms with Gasteiger partial charge in [-0.25, -0.2) is 0 Å². The summed E-state index contributed by atoms with van der Waals surface area (Å²) in [5.41, 5.74) is 7.12. The summed E-state index contributed by atoms with van der Waals surface area (Å²) in [4.78, 5) is 0. The van der Waals surface area contributed by atoms with Crippen molar-refractivity contribution in [2.75, 3.05) is 6.54 Å². The van der Waals surface area contributed by atoms with Crippen molar-refractivity contribution in [1.82, 2.24) is 0 Å². The molecule has 2 rings (SSSR count). The number of nitrogens with two attached hydrogens (primary N) is 1. The molecule has 0 saturated heterocycles. The lowest BCUT2D eigenvalue weighted by Gasteiger charge is -2.23. The van der Waals surface area contributed by atoms with Gasteiger partial charge in [-0.2, -0.15) is 0 Å². The molecule has 1 aliphatic rings. The minimum atomic E-state index is 0.617. The van der Waals surface area contributed by atoms with Gasteiger partial charge in [0.2, 0.25) is 0 Å². The molecule has 1 aromatic carbocycles. The van der Waals surface area contributed by atoms with Crippen LogP contribution in [-0.4, -0.2) is 6.54 Å². The van der Waals surface area contributed by atoms with E-state index in [0.717, 1.165) is 23.9 Å². The third-order valence-corrected chi connectivity index (χ3v) is 3.96. The Morgan fingerprint density at radius 3 is 2.69 bits per heavy atom. The van der Waals surface area contributed by atoms with E-state index in [2.05, 4.69) is 18.2 Å². The van der Waals surface area contributed by atoms with Gasteiger partial charge in [-0.05, 0) is 55.3 Å². The van der Waals surface area contributed by atoms with Crippen molar-refractivity contribution in [3.63, 3.8) is 0 Å².